The molecule has 0 amide bonds. The molecule has 0 saturated heterocycles. The van der Waals surface area contributed by atoms with Gasteiger partial charge in [0.05, 0.1) is 5.41 Å². The Bertz CT molecular complexity index is 177. The van der Waals surface area contributed by atoms with Crippen molar-refractivity contribution < 1.29 is 4.79 Å². The summed E-state index contributed by atoms with van der Waals surface area (Å²) in [6.07, 6.45) is 4.27. The Balaban J connectivity index is 4.60. The quantitative estimate of drug-likeness (QED) is 0.371. The van der Waals surface area contributed by atoms with Crippen LogP contribution in [0.4, 0.5) is 0 Å². The molecular formula is C9H12Cl2O. The van der Waals surface area contributed by atoms with E-state index in [9.17, 15) is 4.79 Å². The van der Waals surface area contributed by atoms with Crippen LogP contribution in [-0.4, -0.2) is 11.1 Å². The van der Waals surface area contributed by atoms with Crippen LogP contribution < -0.4 is 0 Å². The normalized spacial score (nSPS) is 10.8. The van der Waals surface area contributed by atoms with Gasteiger partial charge in [-0.25, -0.2) is 0 Å². The van der Waals surface area contributed by atoms with Crippen LogP contribution in [0.15, 0.2) is 25.3 Å². The van der Waals surface area contributed by atoms with Gasteiger partial charge in [0.25, 0.3) is 0 Å². The first-order valence-corrected chi connectivity index (χ1v) is 4.52. The Morgan fingerprint density at radius 2 is 1.75 bits per heavy atom. The van der Waals surface area contributed by atoms with Crippen LogP contribution in [0.3, 0.4) is 0 Å². The Morgan fingerprint density at radius 3 is 1.92 bits per heavy atom. The second-order valence-electron chi connectivity index (χ2n) is 2.67. The molecule has 0 heterocycles. The monoisotopic (exact) mass is 206 g/mol. The molecule has 0 rings (SSSR count). The van der Waals surface area contributed by atoms with Gasteiger partial charge >= 0.3 is 0 Å². The first-order valence-electron chi connectivity index (χ1n) is 3.60. The zero-order valence-corrected chi connectivity index (χ0v) is 8.37. The standard InChI is InChI=1S/C9H12Cl2O/c1-3-5-9(7-10,6-4-2)8(11)12/h3-4H,1-2,5-7H2. The van der Waals surface area contributed by atoms with E-state index in [0.29, 0.717) is 12.8 Å². The van der Waals surface area contributed by atoms with E-state index in [4.69, 9.17) is 23.2 Å². The molecule has 0 bridgehead atoms. The Labute approximate surface area is 83.0 Å². The van der Waals surface area contributed by atoms with E-state index in [1.54, 1.807) is 12.2 Å². The highest BCUT2D eigenvalue weighted by atomic mass is 35.5. The summed E-state index contributed by atoms with van der Waals surface area (Å²) in [5.41, 5.74) is -0.702. The first-order chi connectivity index (χ1) is 5.63. The van der Waals surface area contributed by atoms with E-state index >= 15 is 0 Å². The third-order valence-electron chi connectivity index (χ3n) is 1.74. The number of carbonyl (C=O) groups excluding carboxylic acids is 1. The largest absolute Gasteiger partial charge is 0.281 e. The van der Waals surface area contributed by atoms with E-state index < -0.39 is 10.7 Å². The Hall–Kier alpha value is -0.270. The fourth-order valence-electron chi connectivity index (χ4n) is 0.958. The molecule has 0 aromatic carbocycles. The molecule has 0 fully saturated rings. The van der Waals surface area contributed by atoms with Gasteiger partial charge in [0.1, 0.15) is 0 Å². The zero-order valence-electron chi connectivity index (χ0n) is 6.85. The van der Waals surface area contributed by atoms with Crippen molar-refractivity contribution in [3.05, 3.63) is 25.3 Å². The molecule has 0 atom stereocenters. The maximum absolute atomic E-state index is 11.1. The summed E-state index contributed by atoms with van der Waals surface area (Å²) in [4.78, 5) is 11.1. The molecule has 0 aliphatic rings. The molecule has 0 radical (unpaired) electrons. The zero-order chi connectivity index (χ0) is 9.61. The number of halogens is 2. The summed E-state index contributed by atoms with van der Waals surface area (Å²) in [6.45, 7) is 7.11. The average molecular weight is 207 g/mol. The molecule has 0 aromatic rings. The molecule has 1 nitrogen and oxygen atoms in total. The van der Waals surface area contributed by atoms with E-state index in [1.165, 1.54) is 0 Å². The molecular weight excluding hydrogens is 195 g/mol. The van der Waals surface area contributed by atoms with Crippen molar-refractivity contribution in [3.8, 4) is 0 Å². The van der Waals surface area contributed by atoms with Crippen LogP contribution in [-0.2, 0) is 4.79 Å². The van der Waals surface area contributed by atoms with Crippen LogP contribution in [0.25, 0.3) is 0 Å². The van der Waals surface area contributed by atoms with Gasteiger partial charge in [-0.15, -0.1) is 24.8 Å². The highest BCUT2D eigenvalue weighted by Gasteiger charge is 2.33. The molecule has 3 heteroatoms. The minimum Gasteiger partial charge on any atom is -0.281 e. The first kappa shape index (κ1) is 11.7. The van der Waals surface area contributed by atoms with E-state index in [2.05, 4.69) is 13.2 Å². The Kier molecular flexibility index (Phi) is 5.27. The number of rotatable bonds is 6. The van der Waals surface area contributed by atoms with Gasteiger partial charge in [0.2, 0.25) is 5.24 Å². The molecule has 0 saturated carbocycles. The fourth-order valence-corrected chi connectivity index (χ4v) is 1.59. The lowest BCUT2D eigenvalue weighted by molar-refractivity contribution is -0.119. The van der Waals surface area contributed by atoms with Gasteiger partial charge in [-0.3, -0.25) is 4.79 Å². The van der Waals surface area contributed by atoms with Gasteiger partial charge in [0.15, 0.2) is 0 Å². The SMILES string of the molecule is C=CCC(CCl)(CC=C)C(=O)Cl. The van der Waals surface area contributed by atoms with E-state index in [-0.39, 0.29) is 5.88 Å². The average Bonchev–Trinajstić information content (AvgIpc) is 2.03. The lowest BCUT2D eigenvalue weighted by Gasteiger charge is -2.24. The van der Waals surface area contributed by atoms with Crippen molar-refractivity contribution in [2.24, 2.45) is 5.41 Å². The molecule has 12 heavy (non-hydrogen) atoms. The molecule has 0 aliphatic heterocycles. The maximum atomic E-state index is 11.1. The number of alkyl halides is 1. The summed E-state index contributed by atoms with van der Waals surface area (Å²) in [6, 6.07) is 0. The van der Waals surface area contributed by atoms with Crippen molar-refractivity contribution in [2.45, 2.75) is 12.8 Å². The fraction of sp³-hybridized carbons (Fsp3) is 0.444. The minimum atomic E-state index is -0.702. The van der Waals surface area contributed by atoms with Crippen LogP contribution in [0.5, 0.6) is 0 Å². The van der Waals surface area contributed by atoms with Crippen LogP contribution in [0, 0.1) is 5.41 Å². The predicted molar refractivity (Wildman–Crippen MR) is 53.6 cm³/mol. The smallest absolute Gasteiger partial charge is 0.229 e. The molecule has 68 valence electrons. The lowest BCUT2D eigenvalue weighted by Crippen LogP contribution is -2.28. The van der Waals surface area contributed by atoms with Crippen LogP contribution in [0.1, 0.15) is 12.8 Å². The second kappa shape index (κ2) is 5.39. The number of allylic oxidation sites excluding steroid dienone is 2. The third kappa shape index (κ3) is 2.65. The van der Waals surface area contributed by atoms with Gasteiger partial charge in [-0.05, 0) is 24.4 Å². The summed E-state index contributed by atoms with van der Waals surface area (Å²) >= 11 is 11.1. The highest BCUT2D eigenvalue weighted by Crippen LogP contribution is 2.31. The van der Waals surface area contributed by atoms with Crippen molar-refractivity contribution in [1.82, 2.24) is 0 Å². The summed E-state index contributed by atoms with van der Waals surface area (Å²) in [5, 5.41) is -0.419. The predicted octanol–water partition coefficient (Wildman–Crippen LogP) is 3.13. The Morgan fingerprint density at radius 1 is 1.33 bits per heavy atom. The number of hydrogen-bond acceptors (Lipinski definition) is 1. The van der Waals surface area contributed by atoms with Gasteiger partial charge in [-0.1, -0.05) is 12.2 Å². The minimum absolute atomic E-state index is 0.202. The third-order valence-corrected chi connectivity index (χ3v) is 2.66. The molecule has 0 spiro atoms. The van der Waals surface area contributed by atoms with Crippen molar-refractivity contribution in [2.75, 3.05) is 5.88 Å². The summed E-state index contributed by atoms with van der Waals surface area (Å²) in [5.74, 6) is 0.202. The number of carbonyl (C=O) groups is 1. The van der Waals surface area contributed by atoms with Gasteiger partial charge in [-0.2, -0.15) is 0 Å². The maximum Gasteiger partial charge on any atom is 0.229 e. The molecule has 0 unspecified atom stereocenters. The molecule has 0 N–H and O–H groups in total. The van der Waals surface area contributed by atoms with Crippen LogP contribution in [0.2, 0.25) is 0 Å². The summed E-state index contributed by atoms with van der Waals surface area (Å²) in [7, 11) is 0. The van der Waals surface area contributed by atoms with Gasteiger partial charge < -0.3 is 0 Å². The second-order valence-corrected chi connectivity index (χ2v) is 3.28. The topological polar surface area (TPSA) is 17.1 Å². The van der Waals surface area contributed by atoms with Crippen molar-refractivity contribution in [3.63, 3.8) is 0 Å². The lowest BCUT2D eigenvalue weighted by atomic mass is 9.84. The van der Waals surface area contributed by atoms with Gasteiger partial charge in [0, 0.05) is 5.88 Å². The van der Waals surface area contributed by atoms with Crippen molar-refractivity contribution in [1.29, 1.82) is 0 Å². The van der Waals surface area contributed by atoms with Crippen LogP contribution >= 0.6 is 23.2 Å². The molecule has 0 aliphatic carbocycles. The highest BCUT2D eigenvalue weighted by molar-refractivity contribution is 6.65. The molecule has 0 aromatic heterocycles. The summed E-state index contributed by atoms with van der Waals surface area (Å²) < 4.78 is 0. The van der Waals surface area contributed by atoms with Crippen molar-refractivity contribution >= 4 is 28.4 Å². The van der Waals surface area contributed by atoms with E-state index in [0.717, 1.165) is 0 Å². The van der Waals surface area contributed by atoms with E-state index in [1.807, 2.05) is 0 Å². The number of hydrogen-bond donors (Lipinski definition) is 0.